The number of nitrogens with two attached hydrogens (primary N) is 1. The lowest BCUT2D eigenvalue weighted by Gasteiger charge is -1.98. The van der Waals surface area contributed by atoms with Crippen molar-refractivity contribution in [2.45, 2.75) is 9.24 Å². The second-order valence-corrected chi connectivity index (χ2v) is 7.39. The minimum absolute atomic E-state index is 0.458. The quantitative estimate of drug-likeness (QED) is 0.476. The van der Waals surface area contributed by atoms with E-state index in [0.717, 1.165) is 31.5 Å². The number of carbonyl (C=O) groups is 1. The smallest absolute Gasteiger partial charge is 0.318 e. The van der Waals surface area contributed by atoms with Crippen molar-refractivity contribution in [1.29, 1.82) is 0 Å². The van der Waals surface area contributed by atoms with Gasteiger partial charge in [0, 0.05) is 5.69 Å². The zero-order chi connectivity index (χ0) is 17.2. The highest BCUT2D eigenvalue weighted by Gasteiger charge is 2.12. The number of primary amides is 1. The average molecular weight is 368 g/mol. The van der Waals surface area contributed by atoms with E-state index < -0.39 is 6.03 Å². The fraction of sp³-hybridized carbons (Fsp3) is 0. The Labute approximate surface area is 150 Å². The Morgan fingerprint density at radius 1 is 1.20 bits per heavy atom. The number of aromatic nitrogens is 4. The van der Waals surface area contributed by atoms with E-state index in [9.17, 15) is 4.79 Å². The van der Waals surface area contributed by atoms with Crippen LogP contribution in [0.15, 0.2) is 58.2 Å². The number of hydrogen-bond donors (Lipinski definition) is 3. The molecule has 4 rings (SSSR count). The summed E-state index contributed by atoms with van der Waals surface area (Å²) >= 11 is 2.80. The fourth-order valence-electron chi connectivity index (χ4n) is 2.34. The SMILES string of the molecule is NC(=O)Nc1ncc(Sc2ncnc3[nH]c(-c4ccccc4)cc23)s1. The third-order valence-electron chi connectivity index (χ3n) is 3.39. The number of nitrogens with one attached hydrogen (secondary N) is 2. The van der Waals surface area contributed by atoms with Gasteiger partial charge in [-0.1, -0.05) is 53.4 Å². The predicted octanol–water partition coefficient (Wildman–Crippen LogP) is 3.72. The molecule has 4 N–H and O–H groups in total. The zero-order valence-electron chi connectivity index (χ0n) is 12.8. The van der Waals surface area contributed by atoms with Crippen molar-refractivity contribution < 1.29 is 4.79 Å². The molecule has 25 heavy (non-hydrogen) atoms. The monoisotopic (exact) mass is 368 g/mol. The minimum Gasteiger partial charge on any atom is -0.351 e. The van der Waals surface area contributed by atoms with Crippen LogP contribution in [-0.4, -0.2) is 26.0 Å². The summed E-state index contributed by atoms with van der Waals surface area (Å²) < 4.78 is 0.895. The van der Waals surface area contributed by atoms with Gasteiger partial charge in [-0.2, -0.15) is 0 Å². The van der Waals surface area contributed by atoms with Gasteiger partial charge in [-0.15, -0.1) is 0 Å². The molecule has 0 saturated carbocycles. The van der Waals surface area contributed by atoms with Crippen molar-refractivity contribution in [3.05, 3.63) is 48.9 Å². The molecule has 7 nitrogen and oxygen atoms in total. The van der Waals surface area contributed by atoms with Gasteiger partial charge in [0.05, 0.1) is 15.8 Å². The third-order valence-corrected chi connectivity index (χ3v) is 5.42. The number of urea groups is 1. The maximum Gasteiger partial charge on any atom is 0.318 e. The minimum atomic E-state index is -0.631. The van der Waals surface area contributed by atoms with Gasteiger partial charge in [0.15, 0.2) is 5.13 Å². The molecule has 4 aromatic rings. The molecule has 9 heteroatoms. The summed E-state index contributed by atoms with van der Waals surface area (Å²) in [6.07, 6.45) is 3.21. The van der Waals surface area contributed by atoms with E-state index >= 15 is 0 Å². The Morgan fingerprint density at radius 3 is 2.84 bits per heavy atom. The molecule has 0 aliphatic rings. The van der Waals surface area contributed by atoms with Crippen LogP contribution in [0.25, 0.3) is 22.3 Å². The number of thiazole rings is 1. The highest BCUT2D eigenvalue weighted by Crippen LogP contribution is 2.37. The van der Waals surface area contributed by atoms with Crippen molar-refractivity contribution in [3.8, 4) is 11.3 Å². The van der Waals surface area contributed by atoms with Crippen LogP contribution in [0.1, 0.15) is 0 Å². The number of aromatic amines is 1. The molecule has 3 heterocycles. The molecule has 0 aliphatic heterocycles. The Bertz CT molecular complexity index is 1040. The van der Waals surface area contributed by atoms with E-state index in [2.05, 4.69) is 25.3 Å². The summed E-state index contributed by atoms with van der Waals surface area (Å²) in [7, 11) is 0. The van der Waals surface area contributed by atoms with Gasteiger partial charge in [0.25, 0.3) is 0 Å². The van der Waals surface area contributed by atoms with E-state index in [-0.39, 0.29) is 0 Å². The second kappa shape index (κ2) is 6.54. The second-order valence-electron chi connectivity index (χ2n) is 5.07. The van der Waals surface area contributed by atoms with Crippen LogP contribution in [0.3, 0.4) is 0 Å². The van der Waals surface area contributed by atoms with E-state index in [0.29, 0.717) is 5.13 Å². The first-order valence-corrected chi connectivity index (χ1v) is 8.91. The van der Waals surface area contributed by atoms with Crippen LogP contribution >= 0.6 is 23.1 Å². The number of amides is 2. The van der Waals surface area contributed by atoms with Crippen molar-refractivity contribution in [3.63, 3.8) is 0 Å². The molecule has 0 radical (unpaired) electrons. The van der Waals surface area contributed by atoms with Gasteiger partial charge in [-0.3, -0.25) is 5.32 Å². The molecule has 0 unspecified atom stereocenters. The van der Waals surface area contributed by atoms with Crippen molar-refractivity contribution in [2.24, 2.45) is 5.73 Å². The molecular formula is C16H12N6OS2. The Kier molecular flexibility index (Phi) is 4.08. The number of fused-ring (bicyclic) bond motifs is 1. The maximum absolute atomic E-state index is 10.9. The van der Waals surface area contributed by atoms with Crippen LogP contribution < -0.4 is 11.1 Å². The van der Waals surface area contributed by atoms with Crippen LogP contribution in [-0.2, 0) is 0 Å². The van der Waals surface area contributed by atoms with E-state index in [1.54, 1.807) is 6.20 Å². The number of nitrogens with zero attached hydrogens (tertiary/aromatic N) is 3. The van der Waals surface area contributed by atoms with Crippen LogP contribution in [0.2, 0.25) is 0 Å². The molecule has 0 saturated heterocycles. The molecule has 0 aliphatic carbocycles. The van der Waals surface area contributed by atoms with Crippen molar-refractivity contribution in [2.75, 3.05) is 5.32 Å². The number of anilines is 1. The highest BCUT2D eigenvalue weighted by molar-refractivity contribution is 8.01. The van der Waals surface area contributed by atoms with Gasteiger partial charge in [-0.25, -0.2) is 19.7 Å². The third kappa shape index (κ3) is 3.32. The molecule has 0 bridgehead atoms. The van der Waals surface area contributed by atoms with E-state index in [1.807, 2.05) is 36.4 Å². The summed E-state index contributed by atoms with van der Waals surface area (Å²) in [5.74, 6) is 0. The van der Waals surface area contributed by atoms with Crippen LogP contribution in [0.4, 0.5) is 9.93 Å². The number of carbonyl (C=O) groups excluding carboxylic acids is 1. The predicted molar refractivity (Wildman–Crippen MR) is 98.8 cm³/mol. The first kappa shape index (κ1) is 15.6. The zero-order valence-corrected chi connectivity index (χ0v) is 14.4. The Hall–Kier alpha value is -2.91. The first-order chi connectivity index (χ1) is 12.2. The molecule has 2 amide bonds. The van der Waals surface area contributed by atoms with E-state index in [1.165, 1.54) is 29.4 Å². The van der Waals surface area contributed by atoms with Crippen molar-refractivity contribution >= 4 is 45.3 Å². The Balaban J connectivity index is 1.67. The molecular weight excluding hydrogens is 356 g/mol. The lowest BCUT2D eigenvalue weighted by molar-refractivity contribution is 0.259. The maximum atomic E-state index is 10.9. The number of hydrogen-bond acceptors (Lipinski definition) is 6. The van der Waals surface area contributed by atoms with Crippen LogP contribution in [0, 0.1) is 0 Å². The number of benzene rings is 1. The Morgan fingerprint density at radius 2 is 2.04 bits per heavy atom. The molecule has 3 aromatic heterocycles. The van der Waals surface area contributed by atoms with E-state index in [4.69, 9.17) is 5.73 Å². The number of rotatable bonds is 4. The lowest BCUT2D eigenvalue weighted by atomic mass is 10.1. The van der Waals surface area contributed by atoms with Gasteiger partial charge in [0.1, 0.15) is 17.0 Å². The molecule has 0 atom stereocenters. The van der Waals surface area contributed by atoms with Gasteiger partial charge in [-0.05, 0) is 11.6 Å². The normalized spacial score (nSPS) is 10.9. The standard InChI is InChI=1S/C16H12N6OS2/c17-15(23)22-16-18-7-12(25-16)24-14-10-6-11(9-4-2-1-3-5-9)21-13(10)19-8-20-14/h1-8H,(H,19,20,21)(H3,17,18,22,23). The summed E-state index contributed by atoms with van der Waals surface area (Å²) in [6, 6.07) is 11.4. The molecule has 0 spiro atoms. The highest BCUT2D eigenvalue weighted by atomic mass is 32.2. The molecule has 0 fully saturated rings. The van der Waals surface area contributed by atoms with Gasteiger partial charge < -0.3 is 10.7 Å². The molecule has 124 valence electrons. The van der Waals surface area contributed by atoms with Crippen LogP contribution in [0.5, 0.6) is 0 Å². The van der Waals surface area contributed by atoms with Gasteiger partial charge >= 0.3 is 6.03 Å². The molecule has 1 aromatic carbocycles. The summed E-state index contributed by atoms with van der Waals surface area (Å²) in [5, 5.41) is 4.68. The summed E-state index contributed by atoms with van der Waals surface area (Å²) in [4.78, 5) is 27.0. The van der Waals surface area contributed by atoms with Crippen molar-refractivity contribution in [1.82, 2.24) is 19.9 Å². The topological polar surface area (TPSA) is 110 Å². The number of H-pyrrole nitrogens is 1. The largest absolute Gasteiger partial charge is 0.351 e. The average Bonchev–Trinajstić information content (AvgIpc) is 3.22. The lowest BCUT2D eigenvalue weighted by Crippen LogP contribution is -2.18. The first-order valence-electron chi connectivity index (χ1n) is 7.28. The fourth-order valence-corrected chi connectivity index (χ4v) is 4.19. The summed E-state index contributed by atoms with van der Waals surface area (Å²) in [6.45, 7) is 0. The summed E-state index contributed by atoms with van der Waals surface area (Å²) in [5.41, 5.74) is 7.95. The van der Waals surface area contributed by atoms with Gasteiger partial charge in [0.2, 0.25) is 0 Å².